The lowest BCUT2D eigenvalue weighted by molar-refractivity contribution is 0.0508. The van der Waals surface area contributed by atoms with Crippen LogP contribution in [0.25, 0.3) is 0 Å². The van der Waals surface area contributed by atoms with E-state index in [9.17, 15) is 4.39 Å². The van der Waals surface area contributed by atoms with Gasteiger partial charge >= 0.3 is 0 Å². The molecule has 2 nitrogen and oxygen atoms in total. The summed E-state index contributed by atoms with van der Waals surface area (Å²) in [5.41, 5.74) is 1.16. The van der Waals surface area contributed by atoms with E-state index >= 15 is 0 Å². The fraction of sp³-hybridized carbons (Fsp3) is 0.571. The summed E-state index contributed by atoms with van der Waals surface area (Å²) in [5.74, 6) is 0.153. The van der Waals surface area contributed by atoms with E-state index in [-0.39, 0.29) is 11.2 Å². The first kappa shape index (κ1) is 12.5. The summed E-state index contributed by atoms with van der Waals surface area (Å²) >= 11 is 0. The van der Waals surface area contributed by atoms with Gasteiger partial charge in [-0.15, -0.1) is 0 Å². The molecule has 1 aromatic rings. The number of rotatable bonds is 3. The minimum Gasteiger partial charge on any atom is -0.384 e. The average Bonchev–Trinajstić information content (AvgIpc) is 2.29. The Morgan fingerprint density at radius 3 is 3.06 bits per heavy atom. The molecular formula is C14H20FNO. The smallest absolute Gasteiger partial charge is 0.123 e. The van der Waals surface area contributed by atoms with Gasteiger partial charge in [0.2, 0.25) is 0 Å². The number of hydrogen-bond donors (Lipinski definition) is 1. The molecule has 1 aliphatic heterocycles. The van der Waals surface area contributed by atoms with Crippen LogP contribution >= 0.6 is 0 Å². The minimum atomic E-state index is -0.159. The highest BCUT2D eigenvalue weighted by Gasteiger charge is 2.37. The second-order valence-corrected chi connectivity index (χ2v) is 5.15. The van der Waals surface area contributed by atoms with E-state index < -0.39 is 0 Å². The Kier molecular flexibility index (Phi) is 3.79. The maximum Gasteiger partial charge on any atom is 0.123 e. The Labute approximate surface area is 102 Å². The maximum absolute atomic E-state index is 13.3. The van der Waals surface area contributed by atoms with Crippen LogP contribution in [0.2, 0.25) is 0 Å². The Balaban J connectivity index is 2.27. The van der Waals surface area contributed by atoms with Gasteiger partial charge in [0.15, 0.2) is 0 Å². The van der Waals surface area contributed by atoms with Crippen molar-refractivity contribution in [3.05, 3.63) is 35.6 Å². The van der Waals surface area contributed by atoms with E-state index in [1.54, 1.807) is 19.2 Å². The summed E-state index contributed by atoms with van der Waals surface area (Å²) in [4.78, 5) is 0. The molecule has 2 rings (SSSR count). The monoisotopic (exact) mass is 237 g/mol. The summed E-state index contributed by atoms with van der Waals surface area (Å²) in [6, 6.07) is 6.93. The van der Waals surface area contributed by atoms with Gasteiger partial charge in [-0.25, -0.2) is 4.39 Å². The molecule has 1 saturated heterocycles. The Bertz CT molecular complexity index is 378. The number of methoxy groups -OCH3 is 1. The summed E-state index contributed by atoms with van der Waals surface area (Å²) in [6.45, 7) is 4.85. The normalized spacial score (nSPS) is 29.2. The molecule has 0 spiro atoms. The molecule has 2 atom stereocenters. The predicted molar refractivity (Wildman–Crippen MR) is 66.6 cm³/mol. The van der Waals surface area contributed by atoms with Gasteiger partial charge < -0.3 is 10.1 Å². The molecule has 2 unspecified atom stereocenters. The number of ether oxygens (including phenoxy) is 1. The number of halogens is 1. The third-order valence-corrected chi connectivity index (χ3v) is 3.79. The Morgan fingerprint density at radius 2 is 2.35 bits per heavy atom. The Hall–Kier alpha value is -0.930. The summed E-state index contributed by atoms with van der Waals surface area (Å²) in [5, 5.41) is 3.39. The zero-order valence-electron chi connectivity index (χ0n) is 10.5. The molecule has 3 heteroatoms. The van der Waals surface area contributed by atoms with Crippen LogP contribution in [0.5, 0.6) is 0 Å². The van der Waals surface area contributed by atoms with E-state index in [1.807, 2.05) is 6.07 Å². The maximum atomic E-state index is 13.3. The number of benzene rings is 1. The molecule has 1 fully saturated rings. The molecule has 0 amide bonds. The van der Waals surface area contributed by atoms with Gasteiger partial charge in [-0.3, -0.25) is 0 Å². The van der Waals surface area contributed by atoms with Gasteiger partial charge in [0.25, 0.3) is 0 Å². The van der Waals surface area contributed by atoms with Crippen LogP contribution in [0.4, 0.5) is 4.39 Å². The quantitative estimate of drug-likeness (QED) is 0.872. The van der Waals surface area contributed by atoms with Crippen molar-refractivity contribution in [1.82, 2.24) is 5.32 Å². The van der Waals surface area contributed by atoms with Crippen molar-refractivity contribution < 1.29 is 9.13 Å². The lowest BCUT2D eigenvalue weighted by Gasteiger charge is -2.41. The van der Waals surface area contributed by atoms with Gasteiger partial charge in [0.05, 0.1) is 6.61 Å². The molecule has 0 bridgehead atoms. The first-order valence-corrected chi connectivity index (χ1v) is 6.11. The molecule has 0 aliphatic carbocycles. The van der Waals surface area contributed by atoms with Crippen LogP contribution in [-0.4, -0.2) is 26.8 Å². The molecule has 1 aliphatic rings. The predicted octanol–water partition coefficient (Wildman–Crippen LogP) is 2.56. The molecule has 1 heterocycles. The van der Waals surface area contributed by atoms with Crippen LogP contribution in [0.15, 0.2) is 24.3 Å². The van der Waals surface area contributed by atoms with Crippen molar-refractivity contribution in [1.29, 1.82) is 0 Å². The molecule has 94 valence electrons. The highest BCUT2D eigenvalue weighted by Crippen LogP contribution is 2.40. The van der Waals surface area contributed by atoms with E-state index in [0.717, 1.165) is 31.7 Å². The van der Waals surface area contributed by atoms with Crippen LogP contribution in [-0.2, 0) is 4.74 Å². The fourth-order valence-corrected chi connectivity index (χ4v) is 2.79. The van der Waals surface area contributed by atoms with Crippen LogP contribution < -0.4 is 5.32 Å². The third-order valence-electron chi connectivity index (χ3n) is 3.79. The van der Waals surface area contributed by atoms with Gasteiger partial charge in [0, 0.05) is 25.0 Å². The highest BCUT2D eigenvalue weighted by atomic mass is 19.1. The zero-order valence-corrected chi connectivity index (χ0v) is 10.5. The number of piperidine rings is 1. The van der Waals surface area contributed by atoms with Crippen LogP contribution in [0.1, 0.15) is 24.8 Å². The zero-order chi connectivity index (χ0) is 12.3. The van der Waals surface area contributed by atoms with Crippen molar-refractivity contribution in [2.45, 2.75) is 19.3 Å². The Morgan fingerprint density at radius 1 is 1.53 bits per heavy atom. The summed E-state index contributed by atoms with van der Waals surface area (Å²) < 4.78 is 18.7. The lowest BCUT2D eigenvalue weighted by Crippen LogP contribution is -2.44. The molecule has 0 aromatic heterocycles. The molecule has 1 N–H and O–H groups in total. The van der Waals surface area contributed by atoms with Crippen molar-refractivity contribution in [2.75, 3.05) is 26.8 Å². The molecule has 0 saturated carbocycles. The van der Waals surface area contributed by atoms with E-state index in [4.69, 9.17) is 4.74 Å². The number of nitrogens with one attached hydrogen (secondary N) is 1. The number of hydrogen-bond acceptors (Lipinski definition) is 2. The second kappa shape index (κ2) is 5.15. The van der Waals surface area contributed by atoms with Crippen molar-refractivity contribution in [2.24, 2.45) is 5.41 Å². The first-order valence-electron chi connectivity index (χ1n) is 6.11. The third kappa shape index (κ3) is 2.67. The van der Waals surface area contributed by atoms with Gasteiger partial charge in [-0.1, -0.05) is 19.1 Å². The van der Waals surface area contributed by atoms with E-state index in [1.165, 1.54) is 6.07 Å². The first-order chi connectivity index (χ1) is 8.15. The average molecular weight is 237 g/mol. The van der Waals surface area contributed by atoms with Gasteiger partial charge in [-0.05, 0) is 30.7 Å². The van der Waals surface area contributed by atoms with Gasteiger partial charge in [-0.2, -0.15) is 0 Å². The topological polar surface area (TPSA) is 21.3 Å². The lowest BCUT2D eigenvalue weighted by atomic mass is 9.70. The standard InChI is InChI=1S/C14H20FNO/c1-14(10-17-2)6-7-16-9-13(14)11-4-3-5-12(15)8-11/h3-5,8,13,16H,6-7,9-10H2,1-2H3. The van der Waals surface area contributed by atoms with Crippen molar-refractivity contribution in [3.8, 4) is 0 Å². The molecule has 17 heavy (non-hydrogen) atoms. The highest BCUT2D eigenvalue weighted by molar-refractivity contribution is 5.24. The van der Waals surface area contributed by atoms with Crippen LogP contribution in [0, 0.1) is 11.2 Å². The molecular weight excluding hydrogens is 217 g/mol. The summed E-state index contributed by atoms with van der Waals surface area (Å²) in [7, 11) is 1.73. The molecule has 1 aromatic carbocycles. The van der Waals surface area contributed by atoms with E-state index in [2.05, 4.69) is 12.2 Å². The fourth-order valence-electron chi connectivity index (χ4n) is 2.79. The molecule has 0 radical (unpaired) electrons. The van der Waals surface area contributed by atoms with Crippen LogP contribution in [0.3, 0.4) is 0 Å². The van der Waals surface area contributed by atoms with Gasteiger partial charge in [0.1, 0.15) is 5.82 Å². The SMILES string of the molecule is COCC1(C)CCNCC1c1cccc(F)c1. The minimum absolute atomic E-state index is 0.0911. The van der Waals surface area contributed by atoms with Crippen molar-refractivity contribution in [3.63, 3.8) is 0 Å². The second-order valence-electron chi connectivity index (χ2n) is 5.15. The summed E-state index contributed by atoms with van der Waals surface area (Å²) in [6.07, 6.45) is 1.06. The van der Waals surface area contributed by atoms with Crippen molar-refractivity contribution >= 4 is 0 Å². The van der Waals surface area contributed by atoms with E-state index in [0.29, 0.717) is 5.92 Å². The largest absolute Gasteiger partial charge is 0.384 e.